The van der Waals surface area contributed by atoms with E-state index in [2.05, 4.69) is 5.32 Å². The monoisotopic (exact) mass is 562 g/mol. The molecule has 1 amide bonds. The summed E-state index contributed by atoms with van der Waals surface area (Å²) in [6.45, 7) is 6.16. The number of methoxy groups -OCH3 is 1. The topological polar surface area (TPSA) is 158 Å². The van der Waals surface area contributed by atoms with Crippen LogP contribution in [0.5, 0.6) is 5.75 Å². The molecule has 5 atom stereocenters. The molecule has 0 spiro atoms. The zero-order valence-electron chi connectivity index (χ0n) is 23.3. The molecule has 1 aromatic heterocycles. The Kier molecular flexibility index (Phi) is 10.1. The van der Waals surface area contributed by atoms with Gasteiger partial charge in [-0.3, -0.25) is 24.0 Å². The van der Waals surface area contributed by atoms with Gasteiger partial charge in [0, 0.05) is 52.7 Å². The van der Waals surface area contributed by atoms with Gasteiger partial charge < -0.3 is 38.3 Å². The van der Waals surface area contributed by atoms with Crippen molar-refractivity contribution < 1.29 is 52.4 Å². The molecule has 1 aliphatic heterocycles. The predicted octanol–water partition coefficient (Wildman–Crippen LogP) is 1.58. The van der Waals surface area contributed by atoms with Gasteiger partial charge in [0.05, 0.1) is 12.6 Å². The minimum Gasteiger partial charge on any atom is -0.497 e. The normalized spacial score (nSPS) is 22.2. The van der Waals surface area contributed by atoms with Gasteiger partial charge >= 0.3 is 23.9 Å². The number of rotatable bonds is 10. The first-order chi connectivity index (χ1) is 18.9. The Balaban J connectivity index is 2.18. The molecule has 1 fully saturated rings. The Hall–Kier alpha value is -4.13. The minimum absolute atomic E-state index is 0.180. The van der Waals surface area contributed by atoms with E-state index in [9.17, 15) is 24.0 Å². The zero-order valence-corrected chi connectivity index (χ0v) is 23.3. The van der Waals surface area contributed by atoms with E-state index in [1.807, 2.05) is 6.07 Å². The highest BCUT2D eigenvalue weighted by Crippen LogP contribution is 2.38. The number of esters is 4. The number of amides is 1. The molecular formula is C27H34N2O11. The molecule has 0 aliphatic carbocycles. The first-order valence-electron chi connectivity index (χ1n) is 12.6. The van der Waals surface area contributed by atoms with Gasteiger partial charge in [0.1, 0.15) is 18.5 Å². The van der Waals surface area contributed by atoms with Crippen LogP contribution in [0.4, 0.5) is 0 Å². The van der Waals surface area contributed by atoms with Crippen LogP contribution < -0.4 is 10.1 Å². The molecule has 2 heterocycles. The Bertz CT molecular complexity index is 1270. The predicted molar refractivity (Wildman–Crippen MR) is 138 cm³/mol. The second kappa shape index (κ2) is 13.3. The van der Waals surface area contributed by atoms with E-state index in [0.29, 0.717) is 24.2 Å². The lowest BCUT2D eigenvalue weighted by atomic mass is 9.97. The first kappa shape index (κ1) is 30.4. The Labute approximate surface area is 230 Å². The molecule has 0 bridgehead atoms. The molecule has 1 N–H and O–H groups in total. The summed E-state index contributed by atoms with van der Waals surface area (Å²) in [7, 11) is 1.54. The zero-order chi connectivity index (χ0) is 29.6. The average Bonchev–Trinajstić information content (AvgIpc) is 3.21. The van der Waals surface area contributed by atoms with Crippen molar-refractivity contribution in [1.29, 1.82) is 0 Å². The second-order valence-corrected chi connectivity index (χ2v) is 9.27. The maximum absolute atomic E-state index is 12.2. The van der Waals surface area contributed by atoms with Crippen LogP contribution in [0.1, 0.15) is 46.4 Å². The molecule has 218 valence electrons. The largest absolute Gasteiger partial charge is 0.497 e. The molecule has 1 aromatic carbocycles. The van der Waals surface area contributed by atoms with Crippen molar-refractivity contribution in [3.8, 4) is 5.75 Å². The smallest absolute Gasteiger partial charge is 0.303 e. The van der Waals surface area contributed by atoms with Gasteiger partial charge in [-0.1, -0.05) is 0 Å². The molecule has 1 aliphatic rings. The molecule has 13 nitrogen and oxygen atoms in total. The van der Waals surface area contributed by atoms with Crippen LogP contribution in [0.15, 0.2) is 24.4 Å². The molecule has 13 heteroatoms. The summed E-state index contributed by atoms with van der Waals surface area (Å²) in [5.74, 6) is -2.32. The van der Waals surface area contributed by atoms with E-state index < -0.39 is 54.5 Å². The highest BCUT2D eigenvalue weighted by atomic mass is 16.7. The van der Waals surface area contributed by atoms with Gasteiger partial charge in [0.15, 0.2) is 24.5 Å². The van der Waals surface area contributed by atoms with Crippen molar-refractivity contribution in [2.45, 2.75) is 71.7 Å². The number of carbonyl (C=O) groups excluding carboxylic acids is 5. The molecule has 0 unspecified atom stereocenters. The van der Waals surface area contributed by atoms with Gasteiger partial charge in [0.25, 0.3) is 0 Å². The molecule has 40 heavy (non-hydrogen) atoms. The minimum atomic E-state index is -1.30. The maximum Gasteiger partial charge on any atom is 0.303 e. The molecule has 0 radical (unpaired) electrons. The molecule has 0 saturated carbocycles. The fraction of sp³-hybridized carbons (Fsp3) is 0.519. The summed E-state index contributed by atoms with van der Waals surface area (Å²) in [6, 6.07) is 5.34. The van der Waals surface area contributed by atoms with Gasteiger partial charge in [-0.25, -0.2) is 0 Å². The third kappa shape index (κ3) is 7.50. The standard InChI is InChI=1S/C27H34N2O11/c1-14(30)28-10-9-19-12-29(22-8-7-20(35-6)11-21(19)22)27-26(39-18(5)34)25(38-17(4)33)24(37-16(3)32)23(40-27)13-36-15(2)31/h7-8,11-12,23-27H,9-10,13H2,1-6H3,(H,28,30)/t23-,24-,25+,26-,27+/m1/s1. The molecule has 3 rings (SSSR count). The highest BCUT2D eigenvalue weighted by Gasteiger charge is 2.53. The number of fused-ring (bicyclic) bond motifs is 1. The third-order valence-electron chi connectivity index (χ3n) is 6.13. The van der Waals surface area contributed by atoms with Gasteiger partial charge in [-0.15, -0.1) is 0 Å². The van der Waals surface area contributed by atoms with Crippen molar-refractivity contribution >= 4 is 40.7 Å². The lowest BCUT2D eigenvalue weighted by Crippen LogP contribution is -2.60. The summed E-state index contributed by atoms with van der Waals surface area (Å²) in [5, 5.41) is 3.54. The second-order valence-electron chi connectivity index (χ2n) is 9.27. The Morgan fingerprint density at radius 2 is 1.50 bits per heavy atom. The van der Waals surface area contributed by atoms with Crippen LogP contribution in [-0.2, 0) is 54.1 Å². The lowest BCUT2D eigenvalue weighted by molar-refractivity contribution is -0.267. The van der Waals surface area contributed by atoms with Crippen LogP contribution in [-0.4, -0.2) is 79.0 Å². The number of nitrogens with zero attached hydrogens (tertiary/aromatic N) is 1. The van der Waals surface area contributed by atoms with E-state index in [1.165, 1.54) is 34.8 Å². The van der Waals surface area contributed by atoms with Crippen LogP contribution in [0.25, 0.3) is 10.9 Å². The van der Waals surface area contributed by atoms with Crippen molar-refractivity contribution in [3.63, 3.8) is 0 Å². The van der Waals surface area contributed by atoms with E-state index in [4.69, 9.17) is 28.4 Å². The summed E-state index contributed by atoms with van der Waals surface area (Å²) in [4.78, 5) is 59.5. The number of hydrogen-bond donors (Lipinski definition) is 1. The van der Waals surface area contributed by atoms with E-state index in [1.54, 1.807) is 22.9 Å². The van der Waals surface area contributed by atoms with Crippen molar-refractivity contribution in [1.82, 2.24) is 9.88 Å². The van der Waals surface area contributed by atoms with E-state index in [-0.39, 0.29) is 12.5 Å². The van der Waals surface area contributed by atoms with Crippen molar-refractivity contribution in [2.75, 3.05) is 20.3 Å². The third-order valence-corrected chi connectivity index (χ3v) is 6.13. The molecular weight excluding hydrogens is 528 g/mol. The van der Waals surface area contributed by atoms with Crippen LogP contribution >= 0.6 is 0 Å². The average molecular weight is 563 g/mol. The SMILES string of the molecule is COc1ccc2c(c1)c(CCNC(C)=O)cn2[C@H]1O[C@H](COC(C)=O)[C@@H](OC(C)=O)[C@H](OC(C)=O)[C@H]1OC(C)=O. The summed E-state index contributed by atoms with van der Waals surface area (Å²) in [5.41, 5.74) is 1.47. The van der Waals surface area contributed by atoms with Crippen LogP contribution in [0, 0.1) is 0 Å². The maximum atomic E-state index is 12.2. The van der Waals surface area contributed by atoms with Crippen molar-refractivity contribution in [2.24, 2.45) is 0 Å². The number of benzene rings is 1. The van der Waals surface area contributed by atoms with Gasteiger partial charge in [-0.2, -0.15) is 0 Å². The van der Waals surface area contributed by atoms with Gasteiger partial charge in [0.2, 0.25) is 5.91 Å². The van der Waals surface area contributed by atoms with E-state index >= 15 is 0 Å². The quantitative estimate of drug-likeness (QED) is 0.331. The Morgan fingerprint density at radius 3 is 2.08 bits per heavy atom. The number of carbonyl (C=O) groups is 5. The van der Waals surface area contributed by atoms with E-state index in [0.717, 1.165) is 17.9 Å². The molecule has 2 aromatic rings. The lowest BCUT2D eigenvalue weighted by Gasteiger charge is -2.44. The van der Waals surface area contributed by atoms with Crippen molar-refractivity contribution in [3.05, 3.63) is 30.0 Å². The van der Waals surface area contributed by atoms with Gasteiger partial charge in [-0.05, 0) is 30.2 Å². The summed E-state index contributed by atoms with van der Waals surface area (Å²) >= 11 is 0. The Morgan fingerprint density at radius 1 is 0.875 bits per heavy atom. The molecule has 1 saturated heterocycles. The highest BCUT2D eigenvalue weighted by molar-refractivity contribution is 5.86. The summed E-state index contributed by atoms with van der Waals surface area (Å²) < 4.78 is 35.2. The number of nitrogens with one attached hydrogen (secondary N) is 1. The van der Waals surface area contributed by atoms with Crippen LogP contribution in [0.3, 0.4) is 0 Å². The fourth-order valence-corrected chi connectivity index (χ4v) is 4.64. The van der Waals surface area contributed by atoms with Crippen LogP contribution in [0.2, 0.25) is 0 Å². The first-order valence-corrected chi connectivity index (χ1v) is 12.6. The number of aromatic nitrogens is 1. The summed E-state index contributed by atoms with van der Waals surface area (Å²) in [6.07, 6.45) is -3.81. The number of ether oxygens (including phenoxy) is 6. The number of hydrogen-bond acceptors (Lipinski definition) is 11. The fourth-order valence-electron chi connectivity index (χ4n) is 4.64.